The van der Waals surface area contributed by atoms with E-state index in [1.165, 1.54) is 44.3 Å². The van der Waals surface area contributed by atoms with Crippen molar-refractivity contribution < 1.29 is 0 Å². The predicted molar refractivity (Wildman–Crippen MR) is 69.9 cm³/mol. The van der Waals surface area contributed by atoms with Crippen LogP contribution in [0.1, 0.15) is 52.4 Å². The van der Waals surface area contributed by atoms with Gasteiger partial charge in [-0.05, 0) is 25.2 Å². The van der Waals surface area contributed by atoms with Crippen molar-refractivity contribution in [2.75, 3.05) is 5.75 Å². The highest BCUT2D eigenvalue weighted by Gasteiger charge is 2.16. The molecule has 1 saturated carbocycles. The summed E-state index contributed by atoms with van der Waals surface area (Å²) in [4.78, 5) is 0. The average Bonchev–Trinajstić information content (AvgIpc) is 2.25. The molecular formula is C12H26N2S. The van der Waals surface area contributed by atoms with Crippen LogP contribution in [0.15, 0.2) is 0 Å². The molecule has 1 rings (SSSR count). The molecule has 1 aliphatic rings. The van der Waals surface area contributed by atoms with E-state index >= 15 is 0 Å². The lowest BCUT2D eigenvalue weighted by Gasteiger charge is -2.24. The molecule has 90 valence electrons. The van der Waals surface area contributed by atoms with Crippen molar-refractivity contribution in [3.8, 4) is 0 Å². The first-order chi connectivity index (χ1) is 7.22. The summed E-state index contributed by atoms with van der Waals surface area (Å²) in [6.45, 7) is 4.52. The van der Waals surface area contributed by atoms with Crippen molar-refractivity contribution in [3.05, 3.63) is 0 Å². The van der Waals surface area contributed by atoms with E-state index in [9.17, 15) is 0 Å². The van der Waals surface area contributed by atoms with Crippen LogP contribution in [-0.4, -0.2) is 17.0 Å². The maximum absolute atomic E-state index is 5.57. The third-order valence-electron chi connectivity index (χ3n) is 3.08. The molecule has 0 spiro atoms. The lowest BCUT2D eigenvalue weighted by atomic mass is 10.0. The Morgan fingerprint density at radius 1 is 1.27 bits per heavy atom. The van der Waals surface area contributed by atoms with E-state index in [0.717, 1.165) is 11.2 Å². The fraction of sp³-hybridized carbons (Fsp3) is 1.00. The fourth-order valence-electron chi connectivity index (χ4n) is 2.24. The normalized spacial score (nSPS) is 20.8. The van der Waals surface area contributed by atoms with Gasteiger partial charge in [0.2, 0.25) is 0 Å². The van der Waals surface area contributed by atoms with E-state index < -0.39 is 0 Å². The number of rotatable bonds is 6. The van der Waals surface area contributed by atoms with E-state index in [4.69, 9.17) is 5.84 Å². The Morgan fingerprint density at radius 2 is 1.93 bits per heavy atom. The van der Waals surface area contributed by atoms with Crippen LogP contribution in [0.4, 0.5) is 0 Å². The second kappa shape index (κ2) is 7.53. The number of nitrogens with two attached hydrogens (primary N) is 1. The minimum absolute atomic E-state index is 0.497. The van der Waals surface area contributed by atoms with E-state index in [0.29, 0.717) is 6.04 Å². The lowest BCUT2D eigenvalue weighted by molar-refractivity contribution is 0.454. The summed E-state index contributed by atoms with van der Waals surface area (Å²) in [5.74, 6) is 7.49. The summed E-state index contributed by atoms with van der Waals surface area (Å²) in [6, 6.07) is 0.497. The Balaban J connectivity index is 2.14. The van der Waals surface area contributed by atoms with E-state index in [1.807, 2.05) is 0 Å². The number of nitrogens with one attached hydrogen (secondary N) is 1. The van der Waals surface area contributed by atoms with Gasteiger partial charge in [-0.25, -0.2) is 0 Å². The number of hydrazine groups is 1. The van der Waals surface area contributed by atoms with Gasteiger partial charge in [-0.1, -0.05) is 33.1 Å². The average molecular weight is 230 g/mol. The molecule has 0 aromatic rings. The molecule has 15 heavy (non-hydrogen) atoms. The van der Waals surface area contributed by atoms with Gasteiger partial charge < -0.3 is 0 Å². The Bertz CT molecular complexity index is 156. The van der Waals surface area contributed by atoms with Gasteiger partial charge in [-0.2, -0.15) is 11.8 Å². The van der Waals surface area contributed by atoms with Gasteiger partial charge in [0.15, 0.2) is 0 Å². The van der Waals surface area contributed by atoms with Crippen LogP contribution in [0.25, 0.3) is 0 Å². The molecule has 1 unspecified atom stereocenters. The monoisotopic (exact) mass is 230 g/mol. The van der Waals surface area contributed by atoms with Crippen LogP contribution in [-0.2, 0) is 0 Å². The SMILES string of the molecule is CC(C)CC(CSC1CCCCC1)NN. The van der Waals surface area contributed by atoms with Crippen molar-refractivity contribution in [1.29, 1.82) is 0 Å². The Labute approximate surface area is 98.7 Å². The molecule has 0 aromatic carbocycles. The molecule has 1 aliphatic carbocycles. The van der Waals surface area contributed by atoms with Crippen LogP contribution in [0.3, 0.4) is 0 Å². The topological polar surface area (TPSA) is 38.0 Å². The Hall–Kier alpha value is 0.270. The maximum Gasteiger partial charge on any atom is 0.0303 e. The van der Waals surface area contributed by atoms with Crippen LogP contribution < -0.4 is 11.3 Å². The largest absolute Gasteiger partial charge is 0.271 e. The van der Waals surface area contributed by atoms with Crippen LogP contribution >= 0.6 is 11.8 Å². The summed E-state index contributed by atoms with van der Waals surface area (Å²) in [7, 11) is 0. The molecule has 3 heteroatoms. The third kappa shape index (κ3) is 5.79. The van der Waals surface area contributed by atoms with Gasteiger partial charge in [0.05, 0.1) is 0 Å². The minimum atomic E-state index is 0.497. The van der Waals surface area contributed by atoms with Gasteiger partial charge in [-0.15, -0.1) is 0 Å². The number of hydrogen-bond acceptors (Lipinski definition) is 3. The standard InChI is InChI=1S/C12H26N2S/c1-10(2)8-11(14-13)9-15-12-6-4-3-5-7-12/h10-12,14H,3-9,13H2,1-2H3. The zero-order valence-corrected chi connectivity index (χ0v) is 11.0. The summed E-state index contributed by atoms with van der Waals surface area (Å²) in [5.41, 5.74) is 2.95. The lowest BCUT2D eigenvalue weighted by Crippen LogP contribution is -2.38. The quantitative estimate of drug-likeness (QED) is 0.544. The van der Waals surface area contributed by atoms with E-state index in [-0.39, 0.29) is 0 Å². The smallest absolute Gasteiger partial charge is 0.0303 e. The van der Waals surface area contributed by atoms with Crippen LogP contribution in [0.2, 0.25) is 0 Å². The predicted octanol–water partition coefficient (Wildman–Crippen LogP) is 2.93. The van der Waals surface area contributed by atoms with Crippen molar-refractivity contribution in [2.45, 2.75) is 63.7 Å². The third-order valence-corrected chi connectivity index (χ3v) is 4.61. The number of thioether (sulfide) groups is 1. The molecular weight excluding hydrogens is 204 g/mol. The molecule has 0 heterocycles. The molecule has 3 N–H and O–H groups in total. The van der Waals surface area contributed by atoms with E-state index in [2.05, 4.69) is 31.0 Å². The first-order valence-electron chi connectivity index (χ1n) is 6.30. The summed E-state index contributed by atoms with van der Waals surface area (Å²) < 4.78 is 0. The van der Waals surface area contributed by atoms with Crippen molar-refractivity contribution in [1.82, 2.24) is 5.43 Å². The summed E-state index contributed by atoms with van der Waals surface area (Å²) in [5, 5.41) is 0.904. The van der Waals surface area contributed by atoms with Crippen molar-refractivity contribution in [3.63, 3.8) is 0 Å². The second-order valence-electron chi connectivity index (χ2n) is 5.09. The van der Waals surface area contributed by atoms with Gasteiger partial charge in [0, 0.05) is 17.0 Å². The molecule has 1 fully saturated rings. The first kappa shape index (κ1) is 13.3. The minimum Gasteiger partial charge on any atom is -0.271 e. The van der Waals surface area contributed by atoms with Crippen molar-refractivity contribution in [2.24, 2.45) is 11.8 Å². The molecule has 0 aromatic heterocycles. The van der Waals surface area contributed by atoms with Gasteiger partial charge in [-0.3, -0.25) is 11.3 Å². The summed E-state index contributed by atoms with van der Waals surface area (Å²) >= 11 is 2.13. The Kier molecular flexibility index (Phi) is 6.69. The van der Waals surface area contributed by atoms with E-state index in [1.54, 1.807) is 0 Å². The highest BCUT2D eigenvalue weighted by Crippen LogP contribution is 2.29. The molecule has 0 amide bonds. The Morgan fingerprint density at radius 3 is 2.47 bits per heavy atom. The highest BCUT2D eigenvalue weighted by molar-refractivity contribution is 7.99. The molecule has 2 nitrogen and oxygen atoms in total. The van der Waals surface area contributed by atoms with Gasteiger partial charge >= 0.3 is 0 Å². The molecule has 1 atom stereocenters. The second-order valence-corrected chi connectivity index (χ2v) is 6.42. The van der Waals surface area contributed by atoms with Crippen LogP contribution in [0.5, 0.6) is 0 Å². The fourth-order valence-corrected chi connectivity index (χ4v) is 3.64. The number of hydrogen-bond donors (Lipinski definition) is 2. The highest BCUT2D eigenvalue weighted by atomic mass is 32.2. The zero-order chi connectivity index (χ0) is 11.1. The van der Waals surface area contributed by atoms with Gasteiger partial charge in [0.25, 0.3) is 0 Å². The molecule has 0 aliphatic heterocycles. The van der Waals surface area contributed by atoms with Crippen LogP contribution in [0, 0.1) is 5.92 Å². The summed E-state index contributed by atoms with van der Waals surface area (Å²) in [6.07, 6.45) is 8.34. The van der Waals surface area contributed by atoms with Gasteiger partial charge in [0.1, 0.15) is 0 Å². The molecule has 0 bridgehead atoms. The molecule has 0 radical (unpaired) electrons. The first-order valence-corrected chi connectivity index (χ1v) is 7.35. The molecule has 0 saturated heterocycles. The maximum atomic E-state index is 5.57. The van der Waals surface area contributed by atoms with Crippen molar-refractivity contribution >= 4 is 11.8 Å². The zero-order valence-electron chi connectivity index (χ0n) is 10.2.